The Balaban J connectivity index is 1.81. The van der Waals surface area contributed by atoms with Crippen LogP contribution < -0.4 is 9.47 Å². The highest BCUT2D eigenvalue weighted by atomic mass is 32.2. The van der Waals surface area contributed by atoms with Gasteiger partial charge in [-0.3, -0.25) is 0 Å². The Kier molecular flexibility index (Phi) is 16.4. The summed E-state index contributed by atoms with van der Waals surface area (Å²) in [4.78, 5) is 8.31. The van der Waals surface area contributed by atoms with Crippen molar-refractivity contribution < 1.29 is 64.5 Å². The summed E-state index contributed by atoms with van der Waals surface area (Å²) in [6.45, 7) is 4.03. The van der Waals surface area contributed by atoms with E-state index in [9.17, 15) is 26.3 Å². The van der Waals surface area contributed by atoms with Crippen LogP contribution in [0.25, 0.3) is 0 Å². The van der Waals surface area contributed by atoms with Gasteiger partial charge in [0.05, 0.1) is 13.2 Å². The smallest absolute Gasteiger partial charge is 0.437 e. The first-order valence-electron chi connectivity index (χ1n) is 12.6. The van der Waals surface area contributed by atoms with Crippen LogP contribution in [-0.2, 0) is 28.7 Å². The average molecular weight is 663 g/mol. The van der Waals surface area contributed by atoms with E-state index in [0.29, 0.717) is 17.9 Å². The highest BCUT2D eigenvalue weighted by Crippen LogP contribution is 2.26. The molecule has 2 rings (SSSR count). The molecule has 0 aliphatic carbocycles. The normalized spacial score (nSPS) is 12.7. The molecule has 0 radical (unpaired) electrons. The molecule has 2 aromatic carbocycles. The van der Waals surface area contributed by atoms with E-state index in [1.807, 2.05) is 13.8 Å². The zero-order valence-corrected chi connectivity index (χ0v) is 24.4. The highest BCUT2D eigenvalue weighted by molar-refractivity contribution is 7.94. The fourth-order valence-corrected chi connectivity index (χ4v) is 3.39. The molecule has 0 spiro atoms. The SMILES string of the molecule is CCCSOOON=C(c1ccc(OCCCOc2ccc(C(=NOOOSCCC)C(F)(F)F)cc2)cc1)C(F)(F)F. The second-order valence-electron chi connectivity index (χ2n) is 8.04. The standard InChI is InChI=1S/C25H28F6N2O8S2/c1-3-16-42-40-38-36-32-22(24(26,27)28)18-6-10-20(11-7-18)34-14-5-15-35-21-12-8-19(9-13-21)23(25(29,30)31)33-37-39-41-43-17-4-2/h6-13H,3-5,14-17H2,1-2H3. The predicted molar refractivity (Wildman–Crippen MR) is 146 cm³/mol. The zero-order valence-electron chi connectivity index (χ0n) is 22.8. The second-order valence-corrected chi connectivity index (χ2v) is 9.60. The van der Waals surface area contributed by atoms with E-state index in [1.165, 1.54) is 24.3 Å². The van der Waals surface area contributed by atoms with Gasteiger partial charge < -0.3 is 9.47 Å². The topological polar surface area (TPSA) is 98.6 Å². The first kappa shape index (κ1) is 36.3. The molecule has 18 heteroatoms. The third-order valence-corrected chi connectivity index (χ3v) is 6.12. The van der Waals surface area contributed by atoms with Gasteiger partial charge in [-0.15, -0.1) is 8.67 Å². The highest BCUT2D eigenvalue weighted by Gasteiger charge is 2.39. The van der Waals surface area contributed by atoms with Gasteiger partial charge in [0.1, 0.15) is 11.5 Å². The van der Waals surface area contributed by atoms with E-state index in [4.69, 9.17) is 9.47 Å². The van der Waals surface area contributed by atoms with Crippen molar-refractivity contribution >= 4 is 35.5 Å². The number of nitrogens with zero attached hydrogens (tertiary/aromatic N) is 2. The van der Waals surface area contributed by atoms with Crippen LogP contribution in [0.2, 0.25) is 0 Å². The van der Waals surface area contributed by atoms with Gasteiger partial charge in [0.2, 0.25) is 0 Å². The predicted octanol–water partition coefficient (Wildman–Crippen LogP) is 7.94. The van der Waals surface area contributed by atoms with Gasteiger partial charge in [0.25, 0.3) is 0 Å². The third-order valence-electron chi connectivity index (χ3n) is 4.66. The maximum Gasteiger partial charge on any atom is 0.437 e. The lowest BCUT2D eigenvalue weighted by Gasteiger charge is -2.12. The minimum absolute atomic E-state index is 0.141. The van der Waals surface area contributed by atoms with Crippen molar-refractivity contribution in [2.45, 2.75) is 45.5 Å². The van der Waals surface area contributed by atoms with Crippen LogP contribution in [0, 0.1) is 0 Å². The van der Waals surface area contributed by atoms with E-state index in [1.54, 1.807) is 0 Å². The molecule has 0 aliphatic heterocycles. The summed E-state index contributed by atoms with van der Waals surface area (Å²) in [5.41, 5.74) is -3.28. The van der Waals surface area contributed by atoms with Crippen molar-refractivity contribution in [3.8, 4) is 11.5 Å². The quantitative estimate of drug-likeness (QED) is 0.0347. The van der Waals surface area contributed by atoms with Crippen molar-refractivity contribution in [3.05, 3.63) is 59.7 Å². The number of halogens is 6. The van der Waals surface area contributed by atoms with Gasteiger partial charge in [-0.1, -0.05) is 13.8 Å². The maximum atomic E-state index is 13.3. The molecule has 0 saturated carbocycles. The summed E-state index contributed by atoms with van der Waals surface area (Å²) in [5, 5.41) is 14.2. The molecule has 0 heterocycles. The Morgan fingerprint density at radius 1 is 0.628 bits per heavy atom. The van der Waals surface area contributed by atoms with Crippen LogP contribution in [0.3, 0.4) is 0 Å². The molecule has 0 aromatic heterocycles. The zero-order chi connectivity index (χ0) is 31.6. The molecular formula is C25H28F6N2O8S2. The molecular weight excluding hydrogens is 634 g/mol. The van der Waals surface area contributed by atoms with E-state index in [-0.39, 0.29) is 35.8 Å². The number of ether oxygens (including phenoxy) is 2. The van der Waals surface area contributed by atoms with Crippen LogP contribution in [0.4, 0.5) is 26.3 Å². The van der Waals surface area contributed by atoms with Gasteiger partial charge in [0.15, 0.2) is 11.4 Å². The number of alkyl halides is 6. The average Bonchev–Trinajstić information content (AvgIpc) is 2.96. The fourth-order valence-electron chi connectivity index (χ4n) is 2.80. The number of oxime groups is 2. The summed E-state index contributed by atoms with van der Waals surface area (Å²) in [5.74, 6) is 1.66. The molecule has 10 nitrogen and oxygen atoms in total. The molecule has 0 bridgehead atoms. The summed E-state index contributed by atoms with van der Waals surface area (Å²) >= 11 is 1.70. The van der Waals surface area contributed by atoms with Crippen molar-refractivity contribution in [1.29, 1.82) is 0 Å². The first-order valence-corrected chi connectivity index (χ1v) is 14.4. The van der Waals surface area contributed by atoms with Gasteiger partial charge in [-0.25, -0.2) is 0 Å². The Hall–Kier alpha value is -2.90. The van der Waals surface area contributed by atoms with Crippen LogP contribution >= 0.6 is 24.1 Å². The van der Waals surface area contributed by atoms with E-state index >= 15 is 0 Å². The van der Waals surface area contributed by atoms with Gasteiger partial charge in [-0.05, 0) is 71.7 Å². The van der Waals surface area contributed by atoms with Crippen LogP contribution in [0.5, 0.6) is 11.5 Å². The first-order chi connectivity index (χ1) is 20.6. The molecule has 0 N–H and O–H groups in total. The number of hydrogen-bond donors (Lipinski definition) is 0. The molecule has 0 atom stereocenters. The Morgan fingerprint density at radius 2 is 1.00 bits per heavy atom. The van der Waals surface area contributed by atoms with Gasteiger partial charge in [0, 0.05) is 63.2 Å². The third kappa shape index (κ3) is 14.4. The monoisotopic (exact) mass is 662 g/mol. The lowest BCUT2D eigenvalue weighted by molar-refractivity contribution is -0.462. The molecule has 0 amide bonds. The maximum absolute atomic E-state index is 13.3. The van der Waals surface area contributed by atoms with Crippen LogP contribution in [0.15, 0.2) is 58.8 Å². The summed E-state index contributed by atoms with van der Waals surface area (Å²) in [6.07, 6.45) is -7.79. The molecule has 0 fully saturated rings. The van der Waals surface area contributed by atoms with Gasteiger partial charge in [-0.2, -0.15) is 36.3 Å². The van der Waals surface area contributed by atoms with Crippen molar-refractivity contribution in [2.75, 3.05) is 24.7 Å². The van der Waals surface area contributed by atoms with Crippen LogP contribution in [-0.4, -0.2) is 48.5 Å². The number of hydrogen-bond acceptors (Lipinski definition) is 12. The molecule has 2 aromatic rings. The number of benzene rings is 2. The van der Waals surface area contributed by atoms with Crippen LogP contribution in [0.1, 0.15) is 44.2 Å². The van der Waals surface area contributed by atoms with Crippen molar-refractivity contribution in [2.24, 2.45) is 10.3 Å². The molecule has 240 valence electrons. The Bertz CT molecular complexity index is 1030. The molecule has 0 saturated heterocycles. The van der Waals surface area contributed by atoms with E-state index in [0.717, 1.165) is 61.2 Å². The van der Waals surface area contributed by atoms with E-state index in [2.05, 4.69) is 39.0 Å². The van der Waals surface area contributed by atoms with Crippen molar-refractivity contribution in [1.82, 2.24) is 0 Å². The second kappa shape index (κ2) is 19.4. The molecule has 43 heavy (non-hydrogen) atoms. The molecule has 0 unspecified atom stereocenters. The lowest BCUT2D eigenvalue weighted by atomic mass is 10.1. The van der Waals surface area contributed by atoms with Gasteiger partial charge >= 0.3 is 12.4 Å². The summed E-state index contributed by atoms with van der Waals surface area (Å²) in [7, 11) is 0. The number of rotatable bonds is 20. The summed E-state index contributed by atoms with van der Waals surface area (Å²) in [6, 6.07) is 9.83. The largest absolute Gasteiger partial charge is 0.493 e. The minimum atomic E-state index is -4.83. The fraction of sp³-hybridized carbons (Fsp3) is 0.440. The minimum Gasteiger partial charge on any atom is -0.493 e. The Labute approximate surface area is 251 Å². The molecule has 0 aliphatic rings. The summed E-state index contributed by atoms with van der Waals surface area (Å²) < 4.78 is 100. The van der Waals surface area contributed by atoms with Crippen molar-refractivity contribution in [3.63, 3.8) is 0 Å². The lowest BCUT2D eigenvalue weighted by Crippen LogP contribution is -2.24. The Morgan fingerprint density at radius 3 is 1.33 bits per heavy atom. The van der Waals surface area contributed by atoms with E-state index < -0.39 is 23.8 Å².